The Morgan fingerprint density at radius 2 is 2.15 bits per heavy atom. The highest BCUT2D eigenvalue weighted by Crippen LogP contribution is 2.26. The number of amides is 1. The first-order valence-corrected chi connectivity index (χ1v) is 6.54. The van der Waals surface area contributed by atoms with Crippen LogP contribution >= 0.6 is 0 Å². The highest BCUT2D eigenvalue weighted by atomic mass is 16.1. The second-order valence-corrected chi connectivity index (χ2v) is 4.60. The van der Waals surface area contributed by atoms with E-state index in [1.54, 1.807) is 6.08 Å². The van der Waals surface area contributed by atoms with E-state index in [1.165, 1.54) is 0 Å². The van der Waals surface area contributed by atoms with Crippen molar-refractivity contribution in [3.8, 4) is 6.07 Å². The summed E-state index contributed by atoms with van der Waals surface area (Å²) in [5.74, 6) is -0.331. The number of aromatic nitrogens is 1. The smallest absolute Gasteiger partial charge is 0.261 e. The zero-order valence-corrected chi connectivity index (χ0v) is 11.9. The van der Waals surface area contributed by atoms with E-state index in [2.05, 4.69) is 9.88 Å². The lowest BCUT2D eigenvalue weighted by molar-refractivity contribution is -0.116. The van der Waals surface area contributed by atoms with Gasteiger partial charge in [0.05, 0.1) is 0 Å². The molecule has 0 radical (unpaired) electrons. The van der Waals surface area contributed by atoms with E-state index < -0.39 is 0 Å². The summed E-state index contributed by atoms with van der Waals surface area (Å²) >= 11 is 0. The fourth-order valence-electron chi connectivity index (χ4n) is 2.28. The second-order valence-electron chi connectivity index (χ2n) is 4.60. The Hall–Kier alpha value is -2.54. The number of likely N-dealkylation sites (N-methyl/N-ethyl adjacent to an activating group) is 1. The van der Waals surface area contributed by atoms with Crippen LogP contribution in [0.25, 0.3) is 17.0 Å². The summed E-state index contributed by atoms with van der Waals surface area (Å²) in [6.45, 7) is 4.32. The average molecular weight is 267 g/mol. The molecule has 0 saturated heterocycles. The van der Waals surface area contributed by atoms with E-state index in [9.17, 15) is 4.79 Å². The maximum atomic E-state index is 11.8. The summed E-state index contributed by atoms with van der Waals surface area (Å²) in [5.41, 5.74) is 3.17. The Kier molecular flexibility index (Phi) is 3.90. The fourth-order valence-corrected chi connectivity index (χ4v) is 2.28. The molecular weight excluding hydrogens is 250 g/mol. The van der Waals surface area contributed by atoms with Crippen LogP contribution in [0.1, 0.15) is 18.2 Å². The van der Waals surface area contributed by atoms with E-state index in [0.29, 0.717) is 6.54 Å². The van der Waals surface area contributed by atoms with Crippen molar-refractivity contribution in [2.75, 3.05) is 6.54 Å². The van der Waals surface area contributed by atoms with Gasteiger partial charge < -0.3 is 9.88 Å². The Balaban J connectivity index is 2.61. The van der Waals surface area contributed by atoms with Gasteiger partial charge in [-0.05, 0) is 26.0 Å². The highest BCUT2D eigenvalue weighted by Gasteiger charge is 2.13. The topological polar surface area (TPSA) is 57.8 Å². The van der Waals surface area contributed by atoms with Crippen molar-refractivity contribution in [1.29, 1.82) is 5.26 Å². The zero-order chi connectivity index (χ0) is 14.7. The quantitative estimate of drug-likeness (QED) is 0.686. The first kappa shape index (κ1) is 13.9. The predicted molar refractivity (Wildman–Crippen MR) is 79.9 cm³/mol. The maximum absolute atomic E-state index is 11.8. The number of para-hydroxylation sites is 1. The number of carbonyl (C=O) groups excluding carboxylic acids is 1. The van der Waals surface area contributed by atoms with Gasteiger partial charge in [-0.3, -0.25) is 4.79 Å². The standard InChI is InChI=1S/C16H17N3O/c1-4-18-16(20)12(10-17)9-14-11(2)19(3)15-8-6-5-7-13(14)15/h5-9H,4H2,1-3H3,(H,18,20)/b12-9+. The van der Waals surface area contributed by atoms with Crippen LogP contribution in [0.15, 0.2) is 29.8 Å². The van der Waals surface area contributed by atoms with Gasteiger partial charge in [-0.1, -0.05) is 18.2 Å². The third-order valence-electron chi connectivity index (χ3n) is 3.44. The number of aryl methyl sites for hydroxylation is 1. The molecule has 4 nitrogen and oxygen atoms in total. The van der Waals surface area contributed by atoms with E-state index in [1.807, 2.05) is 51.2 Å². The summed E-state index contributed by atoms with van der Waals surface area (Å²) in [7, 11) is 1.98. The molecule has 20 heavy (non-hydrogen) atoms. The number of nitrogens with one attached hydrogen (secondary N) is 1. The monoisotopic (exact) mass is 267 g/mol. The van der Waals surface area contributed by atoms with Crippen molar-refractivity contribution in [2.24, 2.45) is 7.05 Å². The lowest BCUT2D eigenvalue weighted by Gasteiger charge is -2.01. The molecule has 1 aromatic heterocycles. The molecule has 2 aromatic rings. The van der Waals surface area contributed by atoms with Crippen molar-refractivity contribution in [3.63, 3.8) is 0 Å². The van der Waals surface area contributed by atoms with Crippen molar-refractivity contribution < 1.29 is 4.79 Å². The van der Waals surface area contributed by atoms with Crippen LogP contribution in [0, 0.1) is 18.3 Å². The average Bonchev–Trinajstić information content (AvgIpc) is 2.69. The predicted octanol–water partition coefficient (Wildman–Crippen LogP) is 2.53. The summed E-state index contributed by atoms with van der Waals surface area (Å²) in [6, 6.07) is 9.93. The zero-order valence-electron chi connectivity index (χ0n) is 11.9. The maximum Gasteiger partial charge on any atom is 0.261 e. The molecule has 2 rings (SSSR count). The van der Waals surface area contributed by atoms with Crippen molar-refractivity contribution in [3.05, 3.63) is 41.1 Å². The number of fused-ring (bicyclic) bond motifs is 1. The molecule has 0 atom stereocenters. The fraction of sp³-hybridized carbons (Fsp3) is 0.250. The van der Waals surface area contributed by atoms with E-state index >= 15 is 0 Å². The number of nitriles is 1. The first-order chi connectivity index (χ1) is 9.60. The van der Waals surface area contributed by atoms with Crippen LogP contribution in [-0.4, -0.2) is 17.0 Å². The molecule has 1 heterocycles. The summed E-state index contributed by atoms with van der Waals surface area (Å²) in [4.78, 5) is 11.8. The number of nitrogens with zero attached hydrogens (tertiary/aromatic N) is 2. The lowest BCUT2D eigenvalue weighted by atomic mass is 10.1. The molecule has 0 saturated carbocycles. The van der Waals surface area contributed by atoms with Crippen LogP contribution in [0.3, 0.4) is 0 Å². The summed E-state index contributed by atoms with van der Waals surface area (Å²) in [6.07, 6.45) is 1.67. The number of benzene rings is 1. The molecule has 0 aliphatic rings. The minimum atomic E-state index is -0.331. The van der Waals surface area contributed by atoms with Crippen LogP contribution in [-0.2, 0) is 11.8 Å². The van der Waals surface area contributed by atoms with Gasteiger partial charge in [0.25, 0.3) is 5.91 Å². The highest BCUT2D eigenvalue weighted by molar-refractivity contribution is 6.04. The van der Waals surface area contributed by atoms with E-state index in [-0.39, 0.29) is 11.5 Å². The molecule has 0 unspecified atom stereocenters. The van der Waals surface area contributed by atoms with Crippen molar-refractivity contribution in [1.82, 2.24) is 9.88 Å². The third kappa shape index (κ3) is 2.30. The van der Waals surface area contributed by atoms with Gasteiger partial charge in [-0.25, -0.2) is 0 Å². The lowest BCUT2D eigenvalue weighted by Crippen LogP contribution is -2.23. The molecule has 102 valence electrons. The Morgan fingerprint density at radius 3 is 2.80 bits per heavy atom. The number of carbonyl (C=O) groups is 1. The molecule has 0 spiro atoms. The Bertz CT molecular complexity index is 732. The second kappa shape index (κ2) is 5.62. The van der Waals surface area contributed by atoms with E-state index in [4.69, 9.17) is 5.26 Å². The summed E-state index contributed by atoms with van der Waals surface area (Å²) < 4.78 is 2.06. The molecule has 0 bridgehead atoms. The number of hydrogen-bond acceptors (Lipinski definition) is 2. The molecule has 1 aromatic carbocycles. The number of rotatable bonds is 3. The van der Waals surface area contributed by atoms with Gasteiger partial charge in [-0.2, -0.15) is 5.26 Å². The molecule has 4 heteroatoms. The van der Waals surface area contributed by atoms with Gasteiger partial charge in [-0.15, -0.1) is 0 Å². The minimum absolute atomic E-state index is 0.131. The van der Waals surface area contributed by atoms with Crippen LogP contribution in [0.5, 0.6) is 0 Å². The van der Waals surface area contributed by atoms with Crippen LogP contribution in [0.2, 0.25) is 0 Å². The third-order valence-corrected chi connectivity index (χ3v) is 3.44. The Labute approximate surface area is 118 Å². The molecule has 1 amide bonds. The largest absolute Gasteiger partial charge is 0.352 e. The van der Waals surface area contributed by atoms with E-state index in [0.717, 1.165) is 22.2 Å². The van der Waals surface area contributed by atoms with Crippen molar-refractivity contribution >= 4 is 22.9 Å². The van der Waals surface area contributed by atoms with Gasteiger partial charge in [0.15, 0.2) is 0 Å². The molecule has 0 aliphatic heterocycles. The molecular formula is C16H17N3O. The Morgan fingerprint density at radius 1 is 1.45 bits per heavy atom. The molecule has 0 aliphatic carbocycles. The van der Waals surface area contributed by atoms with Crippen LogP contribution in [0.4, 0.5) is 0 Å². The van der Waals surface area contributed by atoms with Crippen LogP contribution < -0.4 is 5.32 Å². The number of hydrogen-bond donors (Lipinski definition) is 1. The molecule has 0 fully saturated rings. The normalized spacial score (nSPS) is 11.4. The van der Waals surface area contributed by atoms with Gasteiger partial charge in [0.1, 0.15) is 11.6 Å². The minimum Gasteiger partial charge on any atom is -0.352 e. The molecule has 1 N–H and O–H groups in total. The summed E-state index contributed by atoms with van der Waals surface area (Å²) in [5, 5.41) is 12.9. The van der Waals surface area contributed by atoms with Gasteiger partial charge in [0, 0.05) is 35.8 Å². The van der Waals surface area contributed by atoms with Crippen molar-refractivity contribution in [2.45, 2.75) is 13.8 Å². The van der Waals surface area contributed by atoms with Gasteiger partial charge >= 0.3 is 0 Å². The SMILES string of the molecule is CCNC(=O)/C(C#N)=C/c1c(C)n(C)c2ccccc12. The van der Waals surface area contributed by atoms with Gasteiger partial charge in [0.2, 0.25) is 0 Å². The first-order valence-electron chi connectivity index (χ1n) is 6.54.